The highest BCUT2D eigenvalue weighted by molar-refractivity contribution is 6.16. The van der Waals surface area contributed by atoms with Crippen LogP contribution in [0.2, 0.25) is 0 Å². The van der Waals surface area contributed by atoms with Gasteiger partial charge < -0.3 is 4.74 Å². The van der Waals surface area contributed by atoms with Crippen LogP contribution in [-0.4, -0.2) is 25.6 Å². The minimum Gasteiger partial charge on any atom is -0.404 e. The zero-order chi connectivity index (χ0) is 18.4. The Labute approximate surface area is 154 Å². The Morgan fingerprint density at radius 2 is 1.63 bits per heavy atom. The van der Waals surface area contributed by atoms with E-state index in [0.29, 0.717) is 17.0 Å². The molecule has 5 rings (SSSR count). The zero-order valence-corrected chi connectivity index (χ0v) is 14.5. The Bertz CT molecular complexity index is 1290. The number of nitrogens with zero attached hydrogens (tertiary/aromatic N) is 4. The number of aromatic nitrogens is 4. The smallest absolute Gasteiger partial charge is 0.346 e. The molecule has 5 aromatic rings. The molecule has 0 saturated heterocycles. The Hall–Kier alpha value is -3.80. The summed E-state index contributed by atoms with van der Waals surface area (Å²) in [6, 6.07) is 19.3. The summed E-state index contributed by atoms with van der Waals surface area (Å²) >= 11 is 0. The molecule has 0 amide bonds. The third-order valence-electron chi connectivity index (χ3n) is 4.52. The number of carbonyl (C=O) groups excluding carboxylic acids is 1. The molecule has 0 radical (unpaired) electrons. The Morgan fingerprint density at radius 3 is 2.33 bits per heavy atom. The number of hydrogen-bond donors (Lipinski definition) is 0. The maximum Gasteiger partial charge on any atom is 0.346 e. The number of aryl methyl sites for hydroxylation is 1. The maximum atomic E-state index is 13.2. The van der Waals surface area contributed by atoms with Crippen molar-refractivity contribution in [1.82, 2.24) is 19.6 Å². The molecule has 130 valence electrons. The quantitative estimate of drug-likeness (QED) is 0.354. The van der Waals surface area contributed by atoms with Gasteiger partial charge in [-0.3, -0.25) is 0 Å². The first-order valence-electron chi connectivity index (χ1n) is 8.51. The van der Waals surface area contributed by atoms with Gasteiger partial charge in [0.05, 0.1) is 5.56 Å². The van der Waals surface area contributed by atoms with Gasteiger partial charge in [0.2, 0.25) is 5.88 Å². The van der Waals surface area contributed by atoms with E-state index in [2.05, 4.69) is 21.1 Å². The molecular weight excluding hydrogens is 340 g/mol. The van der Waals surface area contributed by atoms with Crippen LogP contribution in [0.25, 0.3) is 27.3 Å². The second kappa shape index (κ2) is 5.88. The number of benzene rings is 3. The van der Waals surface area contributed by atoms with Crippen LogP contribution in [0.3, 0.4) is 0 Å². The van der Waals surface area contributed by atoms with Crippen LogP contribution in [0, 0.1) is 6.92 Å². The van der Waals surface area contributed by atoms with E-state index in [1.165, 1.54) is 10.8 Å². The van der Waals surface area contributed by atoms with E-state index < -0.39 is 5.97 Å². The Morgan fingerprint density at radius 1 is 0.963 bits per heavy atom. The van der Waals surface area contributed by atoms with Crippen molar-refractivity contribution in [2.45, 2.75) is 6.92 Å². The standard InChI is InChI=1S/C21H14N4O2/c1-13-10-18(25-21(24-13)22-12-23-25)27-20(26)19-16-8-4-2-6-14(16)11-15-7-3-5-9-17(15)19/h2-12H,1H3. The molecule has 0 spiro atoms. The number of rotatable bonds is 2. The predicted octanol–water partition coefficient (Wildman–Crippen LogP) is 3.96. The molecule has 6 nitrogen and oxygen atoms in total. The second-order valence-electron chi connectivity index (χ2n) is 6.29. The summed E-state index contributed by atoms with van der Waals surface area (Å²) in [5.74, 6) is 0.239. The predicted molar refractivity (Wildman–Crippen MR) is 102 cm³/mol. The lowest BCUT2D eigenvalue weighted by molar-refractivity contribution is 0.0727. The summed E-state index contributed by atoms with van der Waals surface area (Å²) in [5, 5.41) is 7.77. The van der Waals surface area contributed by atoms with Crippen LogP contribution in [0.1, 0.15) is 16.1 Å². The highest BCUT2D eigenvalue weighted by Crippen LogP contribution is 2.29. The highest BCUT2D eigenvalue weighted by Gasteiger charge is 2.19. The van der Waals surface area contributed by atoms with E-state index in [9.17, 15) is 4.79 Å². The third kappa shape index (κ3) is 2.50. The molecule has 2 aromatic heterocycles. The molecule has 6 heteroatoms. The normalized spacial score (nSPS) is 11.3. The number of hydrogen-bond acceptors (Lipinski definition) is 5. The fourth-order valence-corrected chi connectivity index (χ4v) is 3.35. The minimum absolute atomic E-state index is 0.289. The van der Waals surface area contributed by atoms with E-state index >= 15 is 0 Å². The molecule has 3 aromatic carbocycles. The zero-order valence-electron chi connectivity index (χ0n) is 14.5. The van der Waals surface area contributed by atoms with E-state index in [0.717, 1.165) is 21.5 Å². The van der Waals surface area contributed by atoms with Crippen LogP contribution in [-0.2, 0) is 0 Å². The average Bonchev–Trinajstić information content (AvgIpc) is 3.14. The van der Waals surface area contributed by atoms with Crippen molar-refractivity contribution < 1.29 is 9.53 Å². The highest BCUT2D eigenvalue weighted by atomic mass is 16.5. The summed E-state index contributed by atoms with van der Waals surface area (Å²) in [4.78, 5) is 21.6. The van der Waals surface area contributed by atoms with E-state index in [1.807, 2.05) is 55.5 Å². The monoisotopic (exact) mass is 354 g/mol. The topological polar surface area (TPSA) is 69.4 Å². The summed E-state index contributed by atoms with van der Waals surface area (Å²) < 4.78 is 7.17. The summed E-state index contributed by atoms with van der Waals surface area (Å²) in [5.41, 5.74) is 1.23. The Kier molecular flexibility index (Phi) is 3.36. The fourth-order valence-electron chi connectivity index (χ4n) is 3.35. The van der Waals surface area contributed by atoms with Gasteiger partial charge >= 0.3 is 5.97 Å². The lowest BCUT2D eigenvalue weighted by Gasteiger charge is -2.12. The summed E-state index contributed by atoms with van der Waals surface area (Å²) in [6.45, 7) is 1.82. The fraction of sp³-hybridized carbons (Fsp3) is 0.0476. The molecule has 0 bridgehead atoms. The molecule has 0 unspecified atom stereocenters. The van der Waals surface area contributed by atoms with Gasteiger partial charge in [-0.2, -0.15) is 14.6 Å². The second-order valence-corrected chi connectivity index (χ2v) is 6.29. The SMILES string of the molecule is Cc1cc(OC(=O)c2c3ccccc3cc3ccccc23)n2ncnc2n1. The molecule has 0 aliphatic heterocycles. The molecule has 0 atom stereocenters. The van der Waals surface area contributed by atoms with Crippen LogP contribution in [0.4, 0.5) is 0 Å². The maximum absolute atomic E-state index is 13.2. The van der Waals surface area contributed by atoms with Gasteiger partial charge in [0.1, 0.15) is 6.33 Å². The van der Waals surface area contributed by atoms with Crippen LogP contribution in [0.15, 0.2) is 67.0 Å². The van der Waals surface area contributed by atoms with E-state index in [1.54, 1.807) is 6.07 Å². The van der Waals surface area contributed by atoms with Gasteiger partial charge in [0.15, 0.2) is 0 Å². The molecule has 0 saturated carbocycles. The van der Waals surface area contributed by atoms with Crippen molar-refractivity contribution in [1.29, 1.82) is 0 Å². The first kappa shape index (κ1) is 15.5. The number of fused-ring (bicyclic) bond motifs is 3. The molecule has 0 aliphatic rings. The largest absolute Gasteiger partial charge is 0.404 e. The van der Waals surface area contributed by atoms with Crippen LogP contribution < -0.4 is 4.74 Å². The molecule has 0 N–H and O–H groups in total. The average molecular weight is 354 g/mol. The van der Waals surface area contributed by atoms with Gasteiger partial charge in [-0.1, -0.05) is 48.5 Å². The molecule has 0 aliphatic carbocycles. The van der Waals surface area contributed by atoms with E-state index in [-0.39, 0.29) is 5.88 Å². The van der Waals surface area contributed by atoms with Gasteiger partial charge in [0.25, 0.3) is 5.78 Å². The van der Waals surface area contributed by atoms with E-state index in [4.69, 9.17) is 4.74 Å². The van der Waals surface area contributed by atoms with Crippen molar-refractivity contribution in [3.05, 3.63) is 78.2 Å². The van der Waals surface area contributed by atoms with Crippen molar-refractivity contribution in [2.75, 3.05) is 0 Å². The van der Waals surface area contributed by atoms with Crippen molar-refractivity contribution in [3.63, 3.8) is 0 Å². The molecular formula is C21H14N4O2. The third-order valence-corrected chi connectivity index (χ3v) is 4.52. The van der Waals surface area contributed by atoms with Crippen LogP contribution >= 0.6 is 0 Å². The molecule has 27 heavy (non-hydrogen) atoms. The van der Waals surface area contributed by atoms with Crippen LogP contribution in [0.5, 0.6) is 5.88 Å². The lowest BCUT2D eigenvalue weighted by atomic mass is 9.97. The molecule has 0 fully saturated rings. The number of carbonyl (C=O) groups is 1. The van der Waals surface area contributed by atoms with Gasteiger partial charge in [0, 0.05) is 11.8 Å². The summed E-state index contributed by atoms with van der Waals surface area (Å²) in [7, 11) is 0. The van der Waals surface area contributed by atoms with Crippen molar-refractivity contribution in [3.8, 4) is 5.88 Å². The minimum atomic E-state index is -0.439. The first-order chi connectivity index (χ1) is 13.2. The van der Waals surface area contributed by atoms with Gasteiger partial charge in [-0.15, -0.1) is 0 Å². The van der Waals surface area contributed by atoms with Gasteiger partial charge in [-0.25, -0.2) is 9.78 Å². The number of ether oxygens (including phenoxy) is 1. The number of esters is 1. The summed E-state index contributed by atoms with van der Waals surface area (Å²) in [6.07, 6.45) is 1.38. The Balaban J connectivity index is 1.72. The van der Waals surface area contributed by atoms with Crippen molar-refractivity contribution in [2.24, 2.45) is 0 Å². The first-order valence-corrected chi connectivity index (χ1v) is 8.51. The lowest BCUT2D eigenvalue weighted by Crippen LogP contribution is -2.13. The van der Waals surface area contributed by atoms with Gasteiger partial charge in [-0.05, 0) is 34.5 Å². The van der Waals surface area contributed by atoms with Crippen molar-refractivity contribution >= 4 is 33.3 Å². The molecule has 2 heterocycles.